The molecule has 0 spiro atoms. The van der Waals surface area contributed by atoms with Gasteiger partial charge in [0.05, 0.1) is 24.1 Å². The van der Waals surface area contributed by atoms with E-state index in [9.17, 15) is 42.6 Å². The molecule has 0 aromatic heterocycles. The van der Waals surface area contributed by atoms with Crippen LogP contribution in [-0.4, -0.2) is 74.1 Å². The molecule has 2 fully saturated rings. The highest BCUT2D eigenvalue weighted by atomic mass is 32.2. The maximum absolute atomic E-state index is 14.6. The molecule has 3 aliphatic rings. The Balaban J connectivity index is 1.43. The van der Waals surface area contributed by atoms with Crippen molar-refractivity contribution >= 4 is 41.5 Å². The van der Waals surface area contributed by atoms with Crippen LogP contribution in [-0.2, 0) is 20.9 Å². The van der Waals surface area contributed by atoms with Crippen LogP contribution in [0.2, 0.25) is 0 Å². The molecule has 0 bridgehead atoms. The minimum atomic E-state index is -1.29. The summed E-state index contributed by atoms with van der Waals surface area (Å²) in [5, 5.41) is 22.4. The Kier molecular flexibility index (Phi) is 8.19. The number of nitrogens with one attached hydrogen (secondary N) is 1. The van der Waals surface area contributed by atoms with Crippen molar-refractivity contribution in [3.05, 3.63) is 75.6 Å². The first-order valence-corrected chi connectivity index (χ1v) is 14.2. The summed E-state index contributed by atoms with van der Waals surface area (Å²) in [6, 6.07) is 5.88. The fourth-order valence-corrected chi connectivity index (χ4v) is 7.65. The standard InChI is InChI=1S/C29H28F3N3O6S/c1-13-24-23(14(2)37)28(39)35(24)25(29(40)41)26(13)42-18-9-22(27(38)33-17-5-3-4-15(6-17)12-36)34(10-18)11-19-20(31)7-16(30)8-21(19)32/h3-8,12-14,18,22-24,37H,9-11H2,1-2H3,(H,33,38)(H,40,41)/t13-,14-,18+,22+,23-,24-/m1/s1. The molecule has 0 aliphatic carbocycles. The Morgan fingerprint density at radius 3 is 2.50 bits per heavy atom. The first-order chi connectivity index (χ1) is 19.9. The van der Waals surface area contributed by atoms with Crippen molar-refractivity contribution in [2.75, 3.05) is 11.9 Å². The number of aliphatic hydroxyl groups excluding tert-OH is 1. The largest absolute Gasteiger partial charge is 0.477 e. The Bertz CT molecular complexity index is 1480. The third-order valence-corrected chi connectivity index (χ3v) is 9.52. The molecule has 6 atom stereocenters. The van der Waals surface area contributed by atoms with Gasteiger partial charge in [-0.25, -0.2) is 18.0 Å². The zero-order valence-corrected chi connectivity index (χ0v) is 23.4. The average molecular weight is 604 g/mol. The Morgan fingerprint density at radius 2 is 1.88 bits per heavy atom. The van der Waals surface area contributed by atoms with Crippen molar-refractivity contribution in [3.8, 4) is 0 Å². The lowest BCUT2D eigenvalue weighted by atomic mass is 9.79. The molecule has 2 amide bonds. The second-order valence-electron chi connectivity index (χ2n) is 10.8. The summed E-state index contributed by atoms with van der Waals surface area (Å²) >= 11 is 1.19. The summed E-state index contributed by atoms with van der Waals surface area (Å²) < 4.78 is 42.7. The van der Waals surface area contributed by atoms with Crippen LogP contribution in [0.3, 0.4) is 0 Å². The summed E-state index contributed by atoms with van der Waals surface area (Å²) in [5.74, 6) is -6.70. The number of aliphatic carboxylic acids is 1. The molecule has 3 N–H and O–H groups in total. The summed E-state index contributed by atoms with van der Waals surface area (Å²) in [6.45, 7) is 3.01. The summed E-state index contributed by atoms with van der Waals surface area (Å²) in [6.07, 6.45) is -0.180. The Hall–Kier alpha value is -3.68. The van der Waals surface area contributed by atoms with Crippen LogP contribution >= 0.6 is 11.8 Å². The Labute approximate surface area is 243 Å². The SMILES string of the molecule is C[C@@H](O)[C@H]1C(=O)N2C(C(=O)O)=C(S[C@H]3C[C@@H](C(=O)Nc4cccc(C=O)c4)N(Cc4c(F)cc(F)cc4F)C3)[C@H](C)[C@H]12. The smallest absolute Gasteiger partial charge is 0.353 e. The molecule has 0 unspecified atom stereocenters. The summed E-state index contributed by atoms with van der Waals surface area (Å²) in [5.41, 5.74) is 0.0855. The van der Waals surface area contributed by atoms with Crippen LogP contribution in [0.5, 0.6) is 0 Å². The van der Waals surface area contributed by atoms with Gasteiger partial charge in [-0.05, 0) is 25.5 Å². The van der Waals surface area contributed by atoms with Gasteiger partial charge in [-0.15, -0.1) is 11.8 Å². The van der Waals surface area contributed by atoms with Gasteiger partial charge in [0.15, 0.2) is 0 Å². The molecular weight excluding hydrogens is 575 g/mol. The number of carbonyl (C=O) groups is 4. The van der Waals surface area contributed by atoms with Crippen LogP contribution in [0.25, 0.3) is 0 Å². The molecule has 0 saturated carbocycles. The number of benzene rings is 2. The quantitative estimate of drug-likeness (QED) is 0.294. The van der Waals surface area contributed by atoms with E-state index in [1.54, 1.807) is 25.1 Å². The molecule has 2 saturated heterocycles. The second-order valence-corrected chi connectivity index (χ2v) is 12.1. The van der Waals surface area contributed by atoms with E-state index in [0.29, 0.717) is 34.6 Å². The van der Waals surface area contributed by atoms with E-state index in [4.69, 9.17) is 0 Å². The average Bonchev–Trinajstić information content (AvgIpc) is 3.42. The van der Waals surface area contributed by atoms with Crippen molar-refractivity contribution in [2.45, 2.75) is 50.3 Å². The first kappa shape index (κ1) is 29.8. The lowest BCUT2D eigenvalue weighted by molar-refractivity contribution is -0.163. The van der Waals surface area contributed by atoms with Gasteiger partial charge in [0, 0.05) is 58.1 Å². The number of nitrogens with zero attached hydrogens (tertiary/aromatic N) is 2. The van der Waals surface area contributed by atoms with Crippen molar-refractivity contribution in [3.63, 3.8) is 0 Å². The lowest BCUT2D eigenvalue weighted by Gasteiger charge is -2.46. The molecule has 42 heavy (non-hydrogen) atoms. The number of anilines is 1. The zero-order valence-electron chi connectivity index (χ0n) is 22.6. The van der Waals surface area contributed by atoms with Crippen LogP contribution < -0.4 is 5.32 Å². The highest BCUT2D eigenvalue weighted by molar-refractivity contribution is 8.03. The number of hydrogen-bond donors (Lipinski definition) is 3. The molecule has 222 valence electrons. The number of thioether (sulfide) groups is 1. The molecule has 3 aliphatic heterocycles. The number of carboxylic acids is 1. The van der Waals surface area contributed by atoms with Gasteiger partial charge in [-0.3, -0.25) is 19.3 Å². The molecule has 13 heteroatoms. The van der Waals surface area contributed by atoms with Crippen molar-refractivity contribution < 1.29 is 42.6 Å². The number of aliphatic hydroxyl groups is 1. The molecule has 2 aromatic rings. The van der Waals surface area contributed by atoms with Crippen LogP contribution in [0.15, 0.2) is 47.0 Å². The van der Waals surface area contributed by atoms with Crippen LogP contribution in [0, 0.1) is 29.3 Å². The normalized spacial score (nSPS) is 26.2. The fourth-order valence-electron chi connectivity index (χ4n) is 6.09. The summed E-state index contributed by atoms with van der Waals surface area (Å²) in [7, 11) is 0. The number of hydrogen-bond acceptors (Lipinski definition) is 7. The number of fused-ring (bicyclic) bond motifs is 1. The zero-order chi connectivity index (χ0) is 30.5. The number of likely N-dealkylation sites (tertiary alicyclic amines) is 1. The monoisotopic (exact) mass is 603 g/mol. The highest BCUT2D eigenvalue weighted by Gasteiger charge is 2.60. The molecule has 0 radical (unpaired) electrons. The van der Waals surface area contributed by atoms with Crippen LogP contribution in [0.4, 0.5) is 18.9 Å². The van der Waals surface area contributed by atoms with E-state index in [2.05, 4.69) is 5.32 Å². The maximum atomic E-state index is 14.6. The number of β-lactam (4-membered cyclic amide) rings is 1. The van der Waals surface area contributed by atoms with Gasteiger partial charge in [0.1, 0.15) is 29.4 Å². The van der Waals surface area contributed by atoms with E-state index in [-0.39, 0.29) is 25.2 Å². The van der Waals surface area contributed by atoms with Gasteiger partial charge in [-0.2, -0.15) is 0 Å². The maximum Gasteiger partial charge on any atom is 0.353 e. The predicted octanol–water partition coefficient (Wildman–Crippen LogP) is 3.38. The number of aldehydes is 1. The first-order valence-electron chi connectivity index (χ1n) is 13.3. The van der Waals surface area contributed by atoms with Gasteiger partial charge in [-0.1, -0.05) is 19.1 Å². The van der Waals surface area contributed by atoms with E-state index < -0.39 is 76.1 Å². The van der Waals surface area contributed by atoms with Crippen molar-refractivity contribution in [1.29, 1.82) is 0 Å². The predicted molar refractivity (Wildman–Crippen MR) is 147 cm³/mol. The molecule has 3 heterocycles. The van der Waals surface area contributed by atoms with Gasteiger partial charge in [0.25, 0.3) is 0 Å². The molecular formula is C29H28F3N3O6S. The minimum Gasteiger partial charge on any atom is -0.477 e. The van der Waals surface area contributed by atoms with Crippen LogP contribution in [0.1, 0.15) is 36.2 Å². The van der Waals surface area contributed by atoms with Crippen molar-refractivity contribution in [1.82, 2.24) is 9.80 Å². The minimum absolute atomic E-state index is 0.120. The second kappa shape index (κ2) is 11.5. The molecule has 5 rings (SSSR count). The van der Waals surface area contributed by atoms with Crippen molar-refractivity contribution in [2.24, 2.45) is 11.8 Å². The number of halogens is 3. The third kappa shape index (κ3) is 5.32. The Morgan fingerprint density at radius 1 is 1.19 bits per heavy atom. The topological polar surface area (TPSA) is 127 Å². The van der Waals surface area contributed by atoms with E-state index >= 15 is 0 Å². The highest BCUT2D eigenvalue weighted by Crippen LogP contribution is 2.52. The number of amides is 2. The third-order valence-electron chi connectivity index (χ3n) is 8.03. The van der Waals surface area contributed by atoms with E-state index in [1.807, 2.05) is 0 Å². The number of carboxylic acid groups (broad SMARTS) is 1. The molecule has 2 aromatic carbocycles. The van der Waals surface area contributed by atoms with Gasteiger partial charge >= 0.3 is 5.97 Å². The molecule has 9 nitrogen and oxygen atoms in total. The van der Waals surface area contributed by atoms with E-state index in [0.717, 1.165) is 0 Å². The van der Waals surface area contributed by atoms with Gasteiger partial charge in [0.2, 0.25) is 11.8 Å². The number of carbonyl (C=O) groups excluding carboxylic acids is 3. The number of rotatable bonds is 9. The summed E-state index contributed by atoms with van der Waals surface area (Å²) in [4.78, 5) is 52.7. The van der Waals surface area contributed by atoms with Gasteiger partial charge < -0.3 is 20.4 Å². The van der Waals surface area contributed by atoms with E-state index in [1.165, 1.54) is 34.6 Å². The fraction of sp³-hybridized carbons (Fsp3) is 0.379. The lowest BCUT2D eigenvalue weighted by Crippen LogP contribution is -2.63.